The number of nitrogens with one attached hydrogen (secondary N) is 1. The number of methoxy groups -OCH3 is 1. The summed E-state index contributed by atoms with van der Waals surface area (Å²) in [6, 6.07) is 3.10. The molecule has 92 valence electrons. The summed E-state index contributed by atoms with van der Waals surface area (Å²) in [5, 5.41) is 11.5. The lowest BCUT2D eigenvalue weighted by Gasteiger charge is -2.11. The molecule has 0 aliphatic rings. The quantitative estimate of drug-likeness (QED) is 0.612. The summed E-state index contributed by atoms with van der Waals surface area (Å²) in [6.07, 6.45) is 0. The Kier molecular flexibility index (Phi) is 4.48. The third-order valence-corrected chi connectivity index (χ3v) is 2.53. The van der Waals surface area contributed by atoms with Crippen molar-refractivity contribution in [2.75, 3.05) is 14.2 Å². The van der Waals surface area contributed by atoms with E-state index in [2.05, 4.69) is 5.32 Å². The first-order valence-corrected chi connectivity index (χ1v) is 5.17. The van der Waals surface area contributed by atoms with E-state index in [4.69, 9.17) is 21.4 Å². The van der Waals surface area contributed by atoms with E-state index in [9.17, 15) is 9.59 Å². The van der Waals surface area contributed by atoms with Crippen molar-refractivity contribution >= 4 is 23.4 Å². The molecule has 0 saturated heterocycles. The van der Waals surface area contributed by atoms with Gasteiger partial charge in [-0.05, 0) is 25.2 Å². The Morgan fingerprint density at radius 1 is 1.47 bits per heavy atom. The molecule has 0 aromatic heterocycles. The molecule has 1 aromatic carbocycles. The molecule has 0 aliphatic carbocycles. The van der Waals surface area contributed by atoms with Crippen LogP contribution in [0, 0.1) is 0 Å². The number of ether oxygens (including phenoxy) is 1. The molecule has 0 radical (unpaired) electrons. The van der Waals surface area contributed by atoms with Gasteiger partial charge < -0.3 is 15.2 Å². The number of carboxylic acids is 1. The van der Waals surface area contributed by atoms with Crippen molar-refractivity contribution in [3.8, 4) is 5.75 Å². The molecule has 0 amide bonds. The Balaban J connectivity index is 3.04. The Labute approximate surface area is 103 Å². The largest absolute Gasteiger partial charge is 0.495 e. The zero-order chi connectivity index (χ0) is 13.0. The Bertz CT molecular complexity index is 447. The van der Waals surface area contributed by atoms with Crippen molar-refractivity contribution < 1.29 is 19.4 Å². The van der Waals surface area contributed by atoms with E-state index in [1.165, 1.54) is 32.4 Å². The van der Waals surface area contributed by atoms with Gasteiger partial charge in [0.05, 0.1) is 12.1 Å². The number of hydrogen-bond acceptors (Lipinski definition) is 4. The van der Waals surface area contributed by atoms with Gasteiger partial charge in [-0.25, -0.2) is 0 Å². The molecule has 0 heterocycles. The first-order valence-electron chi connectivity index (χ1n) is 4.79. The molecule has 1 rings (SSSR count). The monoisotopic (exact) mass is 257 g/mol. The molecular weight excluding hydrogens is 246 g/mol. The molecule has 17 heavy (non-hydrogen) atoms. The molecule has 0 spiro atoms. The average molecular weight is 258 g/mol. The van der Waals surface area contributed by atoms with Gasteiger partial charge in [-0.15, -0.1) is 0 Å². The van der Waals surface area contributed by atoms with Crippen LogP contribution >= 0.6 is 11.6 Å². The van der Waals surface area contributed by atoms with Crippen LogP contribution in [0.2, 0.25) is 5.02 Å². The van der Waals surface area contributed by atoms with Crippen LogP contribution in [0.3, 0.4) is 0 Å². The van der Waals surface area contributed by atoms with E-state index >= 15 is 0 Å². The van der Waals surface area contributed by atoms with Crippen molar-refractivity contribution in [2.24, 2.45) is 0 Å². The number of carbonyl (C=O) groups excluding carboxylic acids is 1. The van der Waals surface area contributed by atoms with E-state index < -0.39 is 17.8 Å². The SMILES string of the molecule is CNC(C(=O)O)C(=O)c1ccc(OC)c(Cl)c1. The van der Waals surface area contributed by atoms with E-state index in [1.807, 2.05) is 0 Å². The van der Waals surface area contributed by atoms with Crippen molar-refractivity contribution in [3.05, 3.63) is 28.8 Å². The fourth-order valence-corrected chi connectivity index (χ4v) is 1.61. The maximum Gasteiger partial charge on any atom is 0.328 e. The number of benzene rings is 1. The van der Waals surface area contributed by atoms with Crippen molar-refractivity contribution in [2.45, 2.75) is 6.04 Å². The third kappa shape index (κ3) is 2.95. The van der Waals surface area contributed by atoms with Gasteiger partial charge in [0.15, 0.2) is 11.8 Å². The summed E-state index contributed by atoms with van der Waals surface area (Å²) in [5.41, 5.74) is 0.220. The van der Waals surface area contributed by atoms with E-state index in [1.54, 1.807) is 0 Å². The van der Waals surface area contributed by atoms with Crippen molar-refractivity contribution in [1.82, 2.24) is 5.32 Å². The Morgan fingerprint density at radius 3 is 2.53 bits per heavy atom. The van der Waals surface area contributed by atoms with Gasteiger partial charge in [0.1, 0.15) is 5.75 Å². The summed E-state index contributed by atoms with van der Waals surface area (Å²) >= 11 is 5.86. The van der Waals surface area contributed by atoms with Crippen LogP contribution < -0.4 is 10.1 Å². The molecule has 0 aliphatic heterocycles. The maximum absolute atomic E-state index is 11.8. The van der Waals surface area contributed by atoms with Gasteiger partial charge in [0.2, 0.25) is 0 Å². The maximum atomic E-state index is 11.8. The molecule has 6 heteroatoms. The average Bonchev–Trinajstić information content (AvgIpc) is 2.29. The van der Waals surface area contributed by atoms with Gasteiger partial charge in [0.25, 0.3) is 0 Å². The molecule has 1 unspecified atom stereocenters. The fraction of sp³-hybridized carbons (Fsp3) is 0.273. The molecule has 0 fully saturated rings. The highest BCUT2D eigenvalue weighted by molar-refractivity contribution is 6.32. The lowest BCUT2D eigenvalue weighted by atomic mass is 10.0. The second-order valence-electron chi connectivity index (χ2n) is 3.27. The minimum Gasteiger partial charge on any atom is -0.495 e. The summed E-state index contributed by atoms with van der Waals surface area (Å²) in [7, 11) is 2.86. The number of Topliss-reactive ketones (excluding diaryl/α,β-unsaturated/α-hetero) is 1. The highest BCUT2D eigenvalue weighted by Gasteiger charge is 2.25. The van der Waals surface area contributed by atoms with Gasteiger partial charge in [-0.2, -0.15) is 0 Å². The number of aliphatic carboxylic acids is 1. The fourth-order valence-electron chi connectivity index (χ4n) is 1.35. The van der Waals surface area contributed by atoms with E-state index in [0.717, 1.165) is 0 Å². The summed E-state index contributed by atoms with van der Waals surface area (Å²) < 4.78 is 4.94. The minimum atomic E-state index is -1.28. The molecule has 0 saturated carbocycles. The number of carbonyl (C=O) groups is 2. The van der Waals surface area contributed by atoms with Crippen LogP contribution in [0.5, 0.6) is 5.75 Å². The van der Waals surface area contributed by atoms with Gasteiger partial charge in [-0.1, -0.05) is 11.6 Å². The zero-order valence-electron chi connectivity index (χ0n) is 9.36. The predicted molar refractivity (Wildman–Crippen MR) is 62.8 cm³/mol. The smallest absolute Gasteiger partial charge is 0.328 e. The standard InChI is InChI=1S/C11H12ClNO4/c1-13-9(11(15)16)10(14)6-3-4-8(17-2)7(12)5-6/h3-5,9,13H,1-2H3,(H,15,16). The number of carboxylic acid groups (broad SMARTS) is 1. The summed E-state index contributed by atoms with van der Waals surface area (Å²) in [6.45, 7) is 0. The van der Waals surface area contributed by atoms with Gasteiger partial charge >= 0.3 is 5.97 Å². The van der Waals surface area contributed by atoms with Crippen molar-refractivity contribution in [1.29, 1.82) is 0 Å². The zero-order valence-corrected chi connectivity index (χ0v) is 10.1. The number of ketones is 1. The Hall–Kier alpha value is -1.59. The number of likely N-dealkylation sites (N-methyl/N-ethyl adjacent to an activating group) is 1. The minimum absolute atomic E-state index is 0.220. The van der Waals surface area contributed by atoms with Crippen molar-refractivity contribution in [3.63, 3.8) is 0 Å². The second-order valence-corrected chi connectivity index (χ2v) is 3.68. The molecule has 5 nitrogen and oxygen atoms in total. The number of hydrogen-bond donors (Lipinski definition) is 2. The van der Waals surface area contributed by atoms with Crippen LogP contribution in [0.1, 0.15) is 10.4 Å². The highest BCUT2D eigenvalue weighted by Crippen LogP contribution is 2.25. The van der Waals surface area contributed by atoms with Crippen LogP contribution in [-0.4, -0.2) is 37.1 Å². The first-order chi connectivity index (χ1) is 8.01. The van der Waals surface area contributed by atoms with Crippen LogP contribution in [0.4, 0.5) is 0 Å². The van der Waals surface area contributed by atoms with E-state index in [-0.39, 0.29) is 10.6 Å². The molecule has 2 N–H and O–H groups in total. The summed E-state index contributed by atoms with van der Waals surface area (Å²) in [4.78, 5) is 22.6. The number of rotatable bonds is 5. The summed E-state index contributed by atoms with van der Waals surface area (Å²) in [5.74, 6) is -1.35. The lowest BCUT2D eigenvalue weighted by Crippen LogP contribution is -2.41. The number of halogens is 1. The van der Waals surface area contributed by atoms with Gasteiger partial charge in [0, 0.05) is 5.56 Å². The predicted octanol–water partition coefficient (Wildman–Crippen LogP) is 1.20. The first kappa shape index (κ1) is 13.5. The lowest BCUT2D eigenvalue weighted by molar-refractivity contribution is -0.137. The van der Waals surface area contributed by atoms with E-state index in [0.29, 0.717) is 5.75 Å². The Morgan fingerprint density at radius 2 is 2.12 bits per heavy atom. The topological polar surface area (TPSA) is 75.6 Å². The molecule has 1 atom stereocenters. The third-order valence-electron chi connectivity index (χ3n) is 2.23. The molecular formula is C11H12ClNO4. The van der Waals surface area contributed by atoms with Crippen LogP contribution in [0.25, 0.3) is 0 Å². The second kappa shape index (κ2) is 5.65. The molecule has 1 aromatic rings. The molecule has 0 bridgehead atoms. The normalized spacial score (nSPS) is 11.9. The highest BCUT2D eigenvalue weighted by atomic mass is 35.5. The van der Waals surface area contributed by atoms with Gasteiger partial charge in [-0.3, -0.25) is 9.59 Å². The van der Waals surface area contributed by atoms with Crippen LogP contribution in [0.15, 0.2) is 18.2 Å². The van der Waals surface area contributed by atoms with Crippen LogP contribution in [-0.2, 0) is 4.79 Å².